The van der Waals surface area contributed by atoms with Crippen LogP contribution in [0.1, 0.15) is 28.9 Å². The first-order valence-corrected chi connectivity index (χ1v) is 11.1. The van der Waals surface area contributed by atoms with Gasteiger partial charge in [-0.25, -0.2) is 4.98 Å². The van der Waals surface area contributed by atoms with E-state index in [9.17, 15) is 4.79 Å². The Bertz CT molecular complexity index is 1070. The van der Waals surface area contributed by atoms with Gasteiger partial charge in [0, 0.05) is 25.4 Å². The number of hydrogen-bond donors (Lipinski definition) is 0. The largest absolute Gasteiger partial charge is 0.493 e. The van der Waals surface area contributed by atoms with Crippen molar-refractivity contribution in [2.75, 3.05) is 26.9 Å². The van der Waals surface area contributed by atoms with Crippen LogP contribution >= 0.6 is 0 Å². The van der Waals surface area contributed by atoms with E-state index in [1.54, 1.807) is 25.7 Å². The van der Waals surface area contributed by atoms with Gasteiger partial charge in [-0.05, 0) is 42.7 Å². The predicted molar refractivity (Wildman–Crippen MR) is 126 cm³/mol. The zero-order chi connectivity index (χ0) is 23.0. The maximum atomic E-state index is 13.7. The third-order valence-electron chi connectivity index (χ3n) is 5.59. The number of imidazole rings is 1. The van der Waals surface area contributed by atoms with E-state index < -0.39 is 0 Å². The number of para-hydroxylation sites is 1. The molecule has 1 amide bonds. The van der Waals surface area contributed by atoms with Gasteiger partial charge in [-0.1, -0.05) is 36.9 Å². The normalized spacial score (nSPS) is 15.2. The topological polar surface area (TPSA) is 65.8 Å². The van der Waals surface area contributed by atoms with Crippen LogP contribution in [-0.2, 0) is 11.3 Å². The van der Waals surface area contributed by atoms with Crippen LogP contribution in [0.15, 0.2) is 73.7 Å². The molecule has 1 unspecified atom stereocenters. The molecule has 7 nitrogen and oxygen atoms in total. The van der Waals surface area contributed by atoms with Crippen LogP contribution in [0.25, 0.3) is 5.69 Å². The number of benzene rings is 2. The molecule has 172 valence electrons. The number of amides is 1. The second kappa shape index (κ2) is 10.8. The minimum absolute atomic E-state index is 0.0270. The number of ether oxygens (including phenoxy) is 3. The van der Waals surface area contributed by atoms with Crippen LogP contribution in [0.5, 0.6) is 11.5 Å². The van der Waals surface area contributed by atoms with Crippen LogP contribution in [0, 0.1) is 0 Å². The standard InChI is InChI=1S/C26H29N3O4/c1-3-13-33-24-12-11-20(15-25(24)31-2)17-28(18-22-10-7-14-32-22)26(30)23-16-27-19-29(23)21-8-5-4-6-9-21/h3-6,8-9,11-12,15-16,19,22H,1,7,10,13-14,17-18H2,2H3. The lowest BCUT2D eigenvalue weighted by Crippen LogP contribution is -2.37. The molecule has 1 aliphatic heterocycles. The van der Waals surface area contributed by atoms with E-state index in [0.29, 0.717) is 36.9 Å². The van der Waals surface area contributed by atoms with Crippen LogP contribution in [-0.4, -0.2) is 53.3 Å². The predicted octanol–water partition coefficient (Wildman–Crippen LogP) is 4.27. The minimum atomic E-state index is -0.0993. The second-order valence-corrected chi connectivity index (χ2v) is 7.89. The van der Waals surface area contributed by atoms with Crippen molar-refractivity contribution in [3.63, 3.8) is 0 Å². The summed E-state index contributed by atoms with van der Waals surface area (Å²) in [7, 11) is 1.60. The van der Waals surface area contributed by atoms with Crippen molar-refractivity contribution < 1.29 is 19.0 Å². The molecule has 1 fully saturated rings. The number of aromatic nitrogens is 2. The zero-order valence-corrected chi connectivity index (χ0v) is 18.9. The lowest BCUT2D eigenvalue weighted by Gasteiger charge is -2.26. The SMILES string of the molecule is C=CCOc1ccc(CN(CC2CCCO2)C(=O)c2cncn2-c2ccccc2)cc1OC. The lowest BCUT2D eigenvalue weighted by molar-refractivity contribution is 0.0501. The fourth-order valence-electron chi connectivity index (χ4n) is 3.96. The van der Waals surface area contributed by atoms with E-state index in [4.69, 9.17) is 14.2 Å². The third kappa shape index (κ3) is 5.43. The first-order chi connectivity index (χ1) is 16.2. The van der Waals surface area contributed by atoms with Crippen molar-refractivity contribution in [1.29, 1.82) is 0 Å². The summed E-state index contributed by atoms with van der Waals surface area (Å²) in [5.41, 5.74) is 2.34. The van der Waals surface area contributed by atoms with Gasteiger partial charge in [-0.2, -0.15) is 0 Å². The summed E-state index contributed by atoms with van der Waals surface area (Å²) in [6.45, 7) is 5.73. The van der Waals surface area contributed by atoms with E-state index in [1.165, 1.54) is 0 Å². The number of carbonyl (C=O) groups excluding carboxylic acids is 1. The van der Waals surface area contributed by atoms with E-state index in [2.05, 4.69) is 11.6 Å². The first kappa shape index (κ1) is 22.6. The summed E-state index contributed by atoms with van der Waals surface area (Å²) in [4.78, 5) is 19.8. The van der Waals surface area contributed by atoms with E-state index in [1.807, 2.05) is 58.0 Å². The van der Waals surface area contributed by atoms with Gasteiger partial charge in [0.15, 0.2) is 11.5 Å². The molecule has 1 aliphatic rings. The van der Waals surface area contributed by atoms with Crippen molar-refractivity contribution in [1.82, 2.24) is 14.5 Å². The number of rotatable bonds is 10. The zero-order valence-electron chi connectivity index (χ0n) is 18.9. The Balaban J connectivity index is 1.60. The van der Waals surface area contributed by atoms with Crippen LogP contribution in [0.4, 0.5) is 0 Å². The fourth-order valence-corrected chi connectivity index (χ4v) is 3.96. The Labute approximate surface area is 194 Å². The summed E-state index contributed by atoms with van der Waals surface area (Å²) < 4.78 is 18.8. The molecule has 0 aliphatic carbocycles. The summed E-state index contributed by atoms with van der Waals surface area (Å²) in [6.07, 6.45) is 6.95. The van der Waals surface area contributed by atoms with Gasteiger partial charge in [-0.15, -0.1) is 0 Å². The van der Waals surface area contributed by atoms with Crippen LogP contribution < -0.4 is 9.47 Å². The summed E-state index contributed by atoms with van der Waals surface area (Å²) in [6, 6.07) is 15.5. The van der Waals surface area contributed by atoms with Crippen molar-refractivity contribution >= 4 is 5.91 Å². The summed E-state index contributed by atoms with van der Waals surface area (Å²) >= 11 is 0. The Morgan fingerprint density at radius 2 is 2.12 bits per heavy atom. The molecule has 0 spiro atoms. The average Bonchev–Trinajstić information content (AvgIpc) is 3.55. The molecule has 0 bridgehead atoms. The second-order valence-electron chi connectivity index (χ2n) is 7.89. The maximum Gasteiger partial charge on any atom is 0.272 e. The minimum Gasteiger partial charge on any atom is -0.493 e. The Hall–Kier alpha value is -3.58. The van der Waals surface area contributed by atoms with Gasteiger partial charge in [0.05, 0.1) is 25.7 Å². The van der Waals surface area contributed by atoms with Gasteiger partial charge in [0.25, 0.3) is 5.91 Å². The monoisotopic (exact) mass is 447 g/mol. The quantitative estimate of drug-likeness (QED) is 0.435. The summed E-state index contributed by atoms with van der Waals surface area (Å²) in [5.74, 6) is 1.16. The molecular weight excluding hydrogens is 418 g/mol. The number of methoxy groups -OCH3 is 1. The highest BCUT2D eigenvalue weighted by atomic mass is 16.5. The molecule has 1 aromatic heterocycles. The van der Waals surface area contributed by atoms with Gasteiger partial charge >= 0.3 is 0 Å². The highest BCUT2D eigenvalue weighted by Crippen LogP contribution is 2.29. The Morgan fingerprint density at radius 3 is 2.85 bits per heavy atom. The smallest absolute Gasteiger partial charge is 0.272 e. The highest BCUT2D eigenvalue weighted by molar-refractivity contribution is 5.93. The first-order valence-electron chi connectivity index (χ1n) is 11.1. The van der Waals surface area contributed by atoms with Crippen LogP contribution in [0.3, 0.4) is 0 Å². The van der Waals surface area contributed by atoms with E-state index in [-0.39, 0.29) is 12.0 Å². The molecule has 2 aromatic carbocycles. The molecule has 1 atom stereocenters. The van der Waals surface area contributed by atoms with Gasteiger partial charge in [-0.3, -0.25) is 9.36 Å². The van der Waals surface area contributed by atoms with E-state index in [0.717, 1.165) is 30.7 Å². The molecule has 33 heavy (non-hydrogen) atoms. The van der Waals surface area contributed by atoms with Gasteiger partial charge in [0.1, 0.15) is 12.3 Å². The van der Waals surface area contributed by atoms with Crippen molar-refractivity contribution in [2.24, 2.45) is 0 Å². The van der Waals surface area contributed by atoms with Crippen LogP contribution in [0.2, 0.25) is 0 Å². The number of hydrogen-bond acceptors (Lipinski definition) is 5. The fraction of sp³-hybridized carbons (Fsp3) is 0.308. The molecular formula is C26H29N3O4. The molecule has 1 saturated heterocycles. The van der Waals surface area contributed by atoms with E-state index >= 15 is 0 Å². The summed E-state index contributed by atoms with van der Waals surface area (Å²) in [5, 5.41) is 0. The Morgan fingerprint density at radius 1 is 1.27 bits per heavy atom. The highest BCUT2D eigenvalue weighted by Gasteiger charge is 2.26. The molecule has 2 heterocycles. The van der Waals surface area contributed by atoms with Crippen molar-refractivity contribution in [2.45, 2.75) is 25.5 Å². The number of nitrogens with zero attached hydrogens (tertiary/aromatic N) is 3. The molecule has 7 heteroatoms. The van der Waals surface area contributed by atoms with Gasteiger partial charge < -0.3 is 19.1 Å². The molecule has 0 N–H and O–H groups in total. The Kier molecular flexibility index (Phi) is 7.42. The molecule has 4 rings (SSSR count). The molecule has 0 saturated carbocycles. The molecule has 0 radical (unpaired) electrons. The maximum absolute atomic E-state index is 13.7. The van der Waals surface area contributed by atoms with Gasteiger partial charge in [0.2, 0.25) is 0 Å². The van der Waals surface area contributed by atoms with Crippen molar-refractivity contribution in [3.05, 3.63) is 85.0 Å². The van der Waals surface area contributed by atoms with Crippen molar-refractivity contribution in [3.8, 4) is 17.2 Å². The average molecular weight is 448 g/mol. The lowest BCUT2D eigenvalue weighted by atomic mass is 10.1. The third-order valence-corrected chi connectivity index (χ3v) is 5.59. The molecule has 3 aromatic rings. The number of carbonyl (C=O) groups is 1.